The van der Waals surface area contributed by atoms with Gasteiger partial charge in [-0.1, -0.05) is 6.07 Å². The molecule has 1 N–H and O–H groups in total. The first-order valence-corrected chi connectivity index (χ1v) is 8.48. The maximum absolute atomic E-state index is 12.8. The van der Waals surface area contributed by atoms with Crippen molar-refractivity contribution < 1.29 is 4.79 Å². The van der Waals surface area contributed by atoms with Gasteiger partial charge in [0.2, 0.25) is 0 Å². The van der Waals surface area contributed by atoms with Crippen LogP contribution in [0.1, 0.15) is 40.9 Å². The summed E-state index contributed by atoms with van der Waals surface area (Å²) < 4.78 is 1.85. The average Bonchev–Trinajstić information content (AvgIpc) is 3.37. The summed E-state index contributed by atoms with van der Waals surface area (Å²) in [5.74, 6) is 0. The van der Waals surface area contributed by atoms with Crippen LogP contribution in [0.2, 0.25) is 0 Å². The summed E-state index contributed by atoms with van der Waals surface area (Å²) in [6.07, 6.45) is 2.06. The Morgan fingerprint density at radius 1 is 1.40 bits per heavy atom. The summed E-state index contributed by atoms with van der Waals surface area (Å²) in [6, 6.07) is 7.71. The highest BCUT2D eigenvalue weighted by Crippen LogP contribution is 2.30. The van der Waals surface area contributed by atoms with Crippen LogP contribution in [-0.4, -0.2) is 26.8 Å². The lowest BCUT2D eigenvalue weighted by molar-refractivity contribution is 0.206. The van der Waals surface area contributed by atoms with Gasteiger partial charge in [0.25, 0.3) is 0 Å². The van der Waals surface area contributed by atoms with Gasteiger partial charge < -0.3 is 10.2 Å². The summed E-state index contributed by atoms with van der Waals surface area (Å²) in [5.41, 5.74) is 5.28. The highest BCUT2D eigenvalue weighted by atomic mass is 16.2. The zero-order valence-corrected chi connectivity index (χ0v) is 15.1. The van der Waals surface area contributed by atoms with Gasteiger partial charge in [-0.2, -0.15) is 10.4 Å². The number of aromatic nitrogens is 2. The van der Waals surface area contributed by atoms with Crippen molar-refractivity contribution in [2.75, 3.05) is 5.32 Å². The van der Waals surface area contributed by atoms with Crippen LogP contribution in [0.5, 0.6) is 0 Å². The molecular weight excluding hydrogens is 314 g/mol. The van der Waals surface area contributed by atoms with Crippen LogP contribution in [0.15, 0.2) is 18.2 Å². The number of hydrogen-bond acceptors (Lipinski definition) is 3. The third kappa shape index (κ3) is 3.50. The minimum Gasteiger partial charge on any atom is -0.317 e. The van der Waals surface area contributed by atoms with Gasteiger partial charge in [0, 0.05) is 30.0 Å². The van der Waals surface area contributed by atoms with E-state index in [1.807, 2.05) is 49.5 Å². The molecule has 6 heteroatoms. The normalized spacial score (nSPS) is 13.4. The lowest BCUT2D eigenvalue weighted by Crippen LogP contribution is -2.36. The molecule has 130 valence electrons. The Morgan fingerprint density at radius 2 is 2.12 bits per heavy atom. The molecule has 1 aromatic heterocycles. The number of carbonyl (C=O) groups excluding carboxylic acids is 1. The Bertz CT molecular complexity index is 857. The molecule has 1 aromatic carbocycles. The predicted molar refractivity (Wildman–Crippen MR) is 96.2 cm³/mol. The number of hydrogen-bond donors (Lipinski definition) is 1. The highest BCUT2D eigenvalue weighted by molar-refractivity contribution is 5.90. The maximum Gasteiger partial charge on any atom is 0.322 e. The van der Waals surface area contributed by atoms with E-state index in [-0.39, 0.29) is 12.1 Å². The lowest BCUT2D eigenvalue weighted by Gasteiger charge is -2.23. The summed E-state index contributed by atoms with van der Waals surface area (Å²) in [6.45, 7) is 6.44. The molecule has 1 saturated carbocycles. The van der Waals surface area contributed by atoms with Gasteiger partial charge in [-0.25, -0.2) is 4.79 Å². The van der Waals surface area contributed by atoms with Crippen molar-refractivity contribution in [1.29, 1.82) is 5.26 Å². The van der Waals surface area contributed by atoms with Gasteiger partial charge in [0.15, 0.2) is 0 Å². The zero-order valence-electron chi connectivity index (χ0n) is 15.1. The fraction of sp³-hybridized carbons (Fsp3) is 0.421. The standard InChI is InChI=1S/C19H23N5O/c1-12-5-6-16(9-15(12)10-20)21-19(25)24(17-7-8-17)11-18-13(2)22-23(4)14(18)3/h5-6,9,17H,7-8,11H2,1-4H3,(H,21,25). The first kappa shape index (κ1) is 17.0. The Kier molecular flexibility index (Phi) is 4.49. The van der Waals surface area contributed by atoms with Crippen molar-refractivity contribution in [3.63, 3.8) is 0 Å². The SMILES string of the molecule is Cc1ccc(NC(=O)N(Cc2c(C)nn(C)c2C)C2CC2)cc1C#N. The molecule has 2 aromatic rings. The van der Waals surface area contributed by atoms with Gasteiger partial charge in [0.05, 0.1) is 23.9 Å². The molecule has 1 heterocycles. The van der Waals surface area contributed by atoms with Crippen LogP contribution < -0.4 is 5.32 Å². The van der Waals surface area contributed by atoms with E-state index in [1.54, 1.807) is 6.07 Å². The average molecular weight is 337 g/mol. The van der Waals surface area contributed by atoms with Gasteiger partial charge in [-0.15, -0.1) is 0 Å². The lowest BCUT2D eigenvalue weighted by atomic mass is 10.1. The topological polar surface area (TPSA) is 74.0 Å². The summed E-state index contributed by atoms with van der Waals surface area (Å²) >= 11 is 0. The van der Waals surface area contributed by atoms with E-state index in [9.17, 15) is 4.79 Å². The number of nitrogens with one attached hydrogen (secondary N) is 1. The number of nitriles is 1. The van der Waals surface area contributed by atoms with E-state index < -0.39 is 0 Å². The molecule has 0 unspecified atom stereocenters. The molecule has 0 aliphatic heterocycles. The van der Waals surface area contributed by atoms with Crippen molar-refractivity contribution in [1.82, 2.24) is 14.7 Å². The zero-order chi connectivity index (χ0) is 18.1. The second-order valence-electron chi connectivity index (χ2n) is 6.70. The van der Waals surface area contributed by atoms with Crippen LogP contribution in [0.3, 0.4) is 0 Å². The molecular formula is C19H23N5O. The van der Waals surface area contributed by atoms with Gasteiger partial charge in [0.1, 0.15) is 0 Å². The monoisotopic (exact) mass is 337 g/mol. The third-order valence-corrected chi connectivity index (χ3v) is 4.85. The Labute approximate surface area is 148 Å². The maximum atomic E-state index is 12.8. The molecule has 2 amide bonds. The summed E-state index contributed by atoms with van der Waals surface area (Å²) in [4.78, 5) is 14.7. The van der Waals surface area contributed by atoms with Crippen molar-refractivity contribution in [2.45, 2.75) is 46.2 Å². The molecule has 1 aliphatic carbocycles. The largest absolute Gasteiger partial charge is 0.322 e. The second-order valence-corrected chi connectivity index (χ2v) is 6.70. The molecule has 0 atom stereocenters. The highest BCUT2D eigenvalue weighted by Gasteiger charge is 2.33. The molecule has 0 saturated heterocycles. The van der Waals surface area contributed by atoms with Crippen molar-refractivity contribution in [2.24, 2.45) is 7.05 Å². The molecule has 1 fully saturated rings. The number of benzene rings is 1. The Morgan fingerprint density at radius 3 is 2.68 bits per heavy atom. The number of aryl methyl sites for hydroxylation is 3. The fourth-order valence-electron chi connectivity index (χ4n) is 2.99. The number of carbonyl (C=O) groups is 1. The number of amides is 2. The van der Waals surface area contributed by atoms with Gasteiger partial charge >= 0.3 is 6.03 Å². The Hall–Kier alpha value is -2.81. The fourth-order valence-corrected chi connectivity index (χ4v) is 2.99. The molecule has 0 spiro atoms. The number of urea groups is 1. The van der Waals surface area contributed by atoms with Crippen LogP contribution >= 0.6 is 0 Å². The summed E-state index contributed by atoms with van der Waals surface area (Å²) in [7, 11) is 1.92. The van der Waals surface area contributed by atoms with Crippen molar-refractivity contribution in [3.05, 3.63) is 46.3 Å². The van der Waals surface area contributed by atoms with E-state index in [4.69, 9.17) is 5.26 Å². The smallest absolute Gasteiger partial charge is 0.317 e. The van der Waals surface area contributed by atoms with Gasteiger partial charge in [-0.3, -0.25) is 4.68 Å². The molecule has 1 aliphatic rings. The van der Waals surface area contributed by atoms with Crippen molar-refractivity contribution >= 4 is 11.7 Å². The van der Waals surface area contributed by atoms with Crippen LogP contribution in [-0.2, 0) is 13.6 Å². The Balaban J connectivity index is 1.79. The van der Waals surface area contributed by atoms with E-state index >= 15 is 0 Å². The summed E-state index contributed by atoms with van der Waals surface area (Å²) in [5, 5.41) is 16.5. The molecule has 6 nitrogen and oxygen atoms in total. The molecule has 0 radical (unpaired) electrons. The predicted octanol–water partition coefficient (Wildman–Crippen LogP) is 3.41. The number of anilines is 1. The van der Waals surface area contributed by atoms with Crippen LogP contribution in [0.4, 0.5) is 10.5 Å². The van der Waals surface area contributed by atoms with Crippen LogP contribution in [0.25, 0.3) is 0 Å². The van der Waals surface area contributed by atoms with E-state index in [2.05, 4.69) is 16.5 Å². The number of rotatable bonds is 4. The first-order valence-electron chi connectivity index (χ1n) is 8.48. The van der Waals surface area contributed by atoms with E-state index in [1.165, 1.54) is 0 Å². The minimum atomic E-state index is -0.127. The molecule has 0 bridgehead atoms. The quantitative estimate of drug-likeness (QED) is 0.929. The second kappa shape index (κ2) is 6.60. The van der Waals surface area contributed by atoms with Crippen molar-refractivity contribution in [3.8, 4) is 6.07 Å². The van der Waals surface area contributed by atoms with E-state index in [0.717, 1.165) is 35.4 Å². The minimum absolute atomic E-state index is 0.127. The van der Waals surface area contributed by atoms with Gasteiger partial charge in [-0.05, 0) is 51.3 Å². The number of nitrogens with zero attached hydrogens (tertiary/aromatic N) is 4. The molecule has 3 rings (SSSR count). The van der Waals surface area contributed by atoms with Crippen LogP contribution in [0, 0.1) is 32.1 Å². The first-order chi connectivity index (χ1) is 11.9. The molecule has 25 heavy (non-hydrogen) atoms. The third-order valence-electron chi connectivity index (χ3n) is 4.85. The van der Waals surface area contributed by atoms with E-state index in [0.29, 0.717) is 17.8 Å².